The summed E-state index contributed by atoms with van der Waals surface area (Å²) < 4.78 is 16.6. The molecule has 8 heteroatoms. The summed E-state index contributed by atoms with van der Waals surface area (Å²) in [7, 11) is 5.35. The molecular weight excluding hydrogens is 426 g/mol. The molecule has 2 unspecified atom stereocenters. The molecule has 8 nitrogen and oxygen atoms in total. The highest BCUT2D eigenvalue weighted by atomic mass is 16.6. The number of carboxylic acids is 1. The summed E-state index contributed by atoms with van der Waals surface area (Å²) in [6, 6.07) is -0.713. The summed E-state index contributed by atoms with van der Waals surface area (Å²) in [5, 5.41) is 11.4. The zero-order chi connectivity index (χ0) is 25.1. The fourth-order valence-electron chi connectivity index (χ4n) is 3.42. The third-order valence-electron chi connectivity index (χ3n) is 5.49. The number of ether oxygens (including phenoxy) is 3. The van der Waals surface area contributed by atoms with E-state index in [9.17, 15) is 19.5 Å². The maximum Gasteiger partial charge on any atom is 0.306 e. The van der Waals surface area contributed by atoms with Crippen LogP contribution in [0.5, 0.6) is 0 Å². The molecule has 0 bridgehead atoms. The topological polar surface area (TPSA) is 102 Å². The van der Waals surface area contributed by atoms with Crippen molar-refractivity contribution in [3.8, 4) is 0 Å². The molecule has 0 radical (unpaired) electrons. The molecule has 0 aliphatic rings. The number of nitrogens with zero attached hydrogens (tertiary/aromatic N) is 1. The Hall–Kier alpha value is -1.67. The van der Waals surface area contributed by atoms with Crippen LogP contribution < -0.4 is 5.11 Å². The van der Waals surface area contributed by atoms with Crippen LogP contribution in [0.1, 0.15) is 90.9 Å². The molecule has 0 aliphatic carbocycles. The van der Waals surface area contributed by atoms with E-state index in [2.05, 4.69) is 13.8 Å². The predicted molar refractivity (Wildman–Crippen MR) is 125 cm³/mol. The Morgan fingerprint density at radius 3 is 1.88 bits per heavy atom. The van der Waals surface area contributed by atoms with Crippen molar-refractivity contribution in [2.75, 3.05) is 41.0 Å². The van der Waals surface area contributed by atoms with Crippen LogP contribution in [0.15, 0.2) is 0 Å². The zero-order valence-corrected chi connectivity index (χ0v) is 21.6. The number of carbonyl (C=O) groups is 3. The Balaban J connectivity index is 4.58. The van der Waals surface area contributed by atoms with E-state index in [1.54, 1.807) is 21.1 Å². The first kappa shape index (κ1) is 31.3. The molecule has 2 atom stereocenters. The molecule has 0 aromatic rings. The van der Waals surface area contributed by atoms with Gasteiger partial charge >= 0.3 is 11.9 Å². The third-order valence-corrected chi connectivity index (χ3v) is 5.49. The zero-order valence-electron chi connectivity index (χ0n) is 21.6. The number of unbranched alkanes of at least 4 members (excludes halogenated alkanes) is 7. The minimum Gasteiger partial charge on any atom is -0.544 e. The smallest absolute Gasteiger partial charge is 0.306 e. The van der Waals surface area contributed by atoms with Crippen molar-refractivity contribution < 1.29 is 38.2 Å². The van der Waals surface area contributed by atoms with Crippen LogP contribution in [0.3, 0.4) is 0 Å². The van der Waals surface area contributed by atoms with Crippen molar-refractivity contribution >= 4 is 17.9 Å². The lowest BCUT2D eigenvalue weighted by atomic mass is 10.1. The second-order valence-electron chi connectivity index (χ2n) is 9.58. The van der Waals surface area contributed by atoms with Crippen LogP contribution in [-0.2, 0) is 28.6 Å². The number of quaternary nitrogens is 1. The number of rotatable bonds is 21. The first-order valence-electron chi connectivity index (χ1n) is 12.6. The number of likely N-dealkylation sites (N-methyl/N-ethyl adjacent to an activating group) is 1. The van der Waals surface area contributed by atoms with Crippen molar-refractivity contribution in [1.82, 2.24) is 0 Å². The van der Waals surface area contributed by atoms with E-state index in [1.807, 2.05) is 0 Å². The van der Waals surface area contributed by atoms with Gasteiger partial charge in [-0.3, -0.25) is 9.59 Å². The van der Waals surface area contributed by atoms with Crippen molar-refractivity contribution in [2.45, 2.75) is 103 Å². The SMILES string of the molecule is CCCCCCCC(=O)OC(COCCC(C(=O)[O-])[N+](C)(C)C)COC(=O)CCCCCC. The number of aliphatic carboxylic acids is 1. The van der Waals surface area contributed by atoms with Gasteiger partial charge in [0.1, 0.15) is 12.6 Å². The van der Waals surface area contributed by atoms with Crippen LogP contribution in [0.25, 0.3) is 0 Å². The fourth-order valence-corrected chi connectivity index (χ4v) is 3.42. The van der Waals surface area contributed by atoms with Crippen LogP contribution in [0.4, 0.5) is 0 Å². The molecule has 0 saturated heterocycles. The van der Waals surface area contributed by atoms with Crippen LogP contribution in [-0.4, -0.2) is 75.5 Å². The normalized spacial score (nSPS) is 13.4. The fraction of sp³-hybridized carbons (Fsp3) is 0.880. The summed E-state index contributed by atoms with van der Waals surface area (Å²) >= 11 is 0. The van der Waals surface area contributed by atoms with Gasteiger partial charge in [-0.25, -0.2) is 0 Å². The Bertz CT molecular complexity index is 545. The Morgan fingerprint density at radius 2 is 1.33 bits per heavy atom. The van der Waals surface area contributed by atoms with Gasteiger partial charge in [-0.1, -0.05) is 58.8 Å². The average Bonchev–Trinajstić information content (AvgIpc) is 2.73. The summed E-state index contributed by atoms with van der Waals surface area (Å²) in [4.78, 5) is 35.6. The molecule has 194 valence electrons. The molecule has 0 spiro atoms. The monoisotopic (exact) mass is 473 g/mol. The summed E-state index contributed by atoms with van der Waals surface area (Å²) in [6.07, 6.45) is 9.29. The number of esters is 2. The third kappa shape index (κ3) is 17.5. The highest BCUT2D eigenvalue weighted by molar-refractivity contribution is 5.70. The molecule has 33 heavy (non-hydrogen) atoms. The van der Waals surface area contributed by atoms with Gasteiger partial charge in [-0.2, -0.15) is 0 Å². The second-order valence-corrected chi connectivity index (χ2v) is 9.58. The van der Waals surface area contributed by atoms with Gasteiger partial charge < -0.3 is 28.6 Å². The second kappa shape index (κ2) is 18.7. The lowest BCUT2D eigenvalue weighted by molar-refractivity contribution is -0.889. The standard InChI is InChI=1S/C25H47NO7/c1-6-8-10-12-14-16-24(28)33-21(20-32-23(27)15-13-11-9-7-2)19-31-18-17-22(25(29)30)26(3,4)5/h21-22H,6-20H2,1-5H3. The molecule has 0 amide bonds. The molecule has 0 aliphatic heterocycles. The first-order chi connectivity index (χ1) is 15.6. The minimum absolute atomic E-state index is 0.0433. The highest BCUT2D eigenvalue weighted by Gasteiger charge is 2.25. The number of hydrogen-bond acceptors (Lipinski definition) is 7. The van der Waals surface area contributed by atoms with E-state index < -0.39 is 18.1 Å². The largest absolute Gasteiger partial charge is 0.544 e. The number of carbonyl (C=O) groups excluding carboxylic acids is 3. The maximum atomic E-state index is 12.2. The van der Waals surface area contributed by atoms with Gasteiger partial charge in [0.15, 0.2) is 6.10 Å². The summed E-state index contributed by atoms with van der Waals surface area (Å²) in [5.41, 5.74) is 0. The Kier molecular flexibility index (Phi) is 17.8. The molecule has 0 aromatic carbocycles. The number of carboxylic acid groups (broad SMARTS) is 1. The van der Waals surface area contributed by atoms with Crippen LogP contribution in [0, 0.1) is 0 Å². The lowest BCUT2D eigenvalue weighted by Crippen LogP contribution is -2.55. The molecule has 0 aromatic heterocycles. The van der Waals surface area contributed by atoms with E-state index in [4.69, 9.17) is 14.2 Å². The van der Waals surface area contributed by atoms with E-state index in [-0.39, 0.29) is 42.7 Å². The maximum absolute atomic E-state index is 12.2. The first-order valence-corrected chi connectivity index (χ1v) is 12.6. The van der Waals surface area contributed by atoms with Crippen molar-refractivity contribution in [3.63, 3.8) is 0 Å². The van der Waals surface area contributed by atoms with Gasteiger partial charge in [0.2, 0.25) is 0 Å². The minimum atomic E-state index is -1.13. The highest BCUT2D eigenvalue weighted by Crippen LogP contribution is 2.10. The van der Waals surface area contributed by atoms with E-state index in [1.165, 1.54) is 0 Å². The molecule has 0 rings (SSSR count). The van der Waals surface area contributed by atoms with Crippen molar-refractivity contribution in [1.29, 1.82) is 0 Å². The van der Waals surface area contributed by atoms with E-state index in [0.29, 0.717) is 12.8 Å². The van der Waals surface area contributed by atoms with E-state index >= 15 is 0 Å². The number of hydrogen-bond donors (Lipinski definition) is 0. The van der Waals surface area contributed by atoms with Gasteiger partial charge in [-0.05, 0) is 12.8 Å². The summed E-state index contributed by atoms with van der Waals surface area (Å²) in [6.45, 7) is 4.40. The Morgan fingerprint density at radius 1 is 0.788 bits per heavy atom. The van der Waals surface area contributed by atoms with Crippen LogP contribution in [0.2, 0.25) is 0 Å². The lowest BCUT2D eigenvalue weighted by Gasteiger charge is -2.34. The quantitative estimate of drug-likeness (QED) is 0.143. The van der Waals surface area contributed by atoms with Gasteiger partial charge in [0.25, 0.3) is 0 Å². The molecule has 0 saturated carbocycles. The predicted octanol–water partition coefficient (Wildman–Crippen LogP) is 3.00. The van der Waals surface area contributed by atoms with Gasteiger partial charge in [-0.15, -0.1) is 0 Å². The molecule has 0 fully saturated rings. The van der Waals surface area contributed by atoms with Crippen molar-refractivity contribution in [2.24, 2.45) is 0 Å². The molecular formula is C25H47NO7. The van der Waals surface area contributed by atoms with Gasteiger partial charge in [0, 0.05) is 19.3 Å². The molecule has 0 N–H and O–H groups in total. The van der Waals surface area contributed by atoms with Crippen molar-refractivity contribution in [3.05, 3.63) is 0 Å². The van der Waals surface area contributed by atoms with Gasteiger partial charge in [0.05, 0.1) is 40.3 Å². The van der Waals surface area contributed by atoms with E-state index in [0.717, 1.165) is 57.8 Å². The van der Waals surface area contributed by atoms with Crippen LogP contribution >= 0.6 is 0 Å². The summed E-state index contributed by atoms with van der Waals surface area (Å²) in [5.74, 6) is -1.78. The Labute approximate surface area is 200 Å². The molecule has 0 heterocycles. The average molecular weight is 474 g/mol.